The van der Waals surface area contributed by atoms with Crippen LogP contribution < -0.4 is 11.1 Å². The monoisotopic (exact) mass is 246 g/mol. The number of likely N-dealkylation sites (N-methyl/N-ethyl adjacent to an activating group) is 1. The maximum absolute atomic E-state index is 11.2. The molecule has 4 nitrogen and oxygen atoms in total. The van der Waals surface area contributed by atoms with E-state index in [0.29, 0.717) is 12.1 Å². The van der Waals surface area contributed by atoms with Crippen molar-refractivity contribution in [2.45, 2.75) is 0 Å². The number of carbonyl (C=O) groups is 1. The van der Waals surface area contributed by atoms with E-state index in [2.05, 4.69) is 25.3 Å². The number of benzene rings is 1. The molecule has 1 aromatic rings. The number of quaternary nitrogens is 1. The van der Waals surface area contributed by atoms with Gasteiger partial charge in [0.2, 0.25) is 0 Å². The van der Waals surface area contributed by atoms with Crippen molar-refractivity contribution in [2.24, 2.45) is 5.73 Å². The summed E-state index contributed by atoms with van der Waals surface area (Å²) in [6, 6.07) is 7.23. The maximum Gasteiger partial charge on any atom is 0.250 e. The van der Waals surface area contributed by atoms with Crippen molar-refractivity contribution in [3.8, 4) is 12.3 Å². The van der Waals surface area contributed by atoms with Gasteiger partial charge in [-0.1, -0.05) is 12.1 Å². The summed E-state index contributed by atoms with van der Waals surface area (Å²) in [5, 5.41) is 3.22. The molecule has 0 bridgehead atoms. The molecule has 0 radical (unpaired) electrons. The average Bonchev–Trinajstić information content (AvgIpc) is 2.29. The molecule has 0 heterocycles. The molecule has 0 aliphatic heterocycles. The molecule has 0 aromatic heterocycles. The van der Waals surface area contributed by atoms with Crippen LogP contribution in [-0.4, -0.2) is 44.1 Å². The average molecular weight is 246 g/mol. The van der Waals surface area contributed by atoms with Crippen LogP contribution in [0.3, 0.4) is 0 Å². The van der Waals surface area contributed by atoms with Gasteiger partial charge >= 0.3 is 0 Å². The Balaban J connectivity index is 2.60. The van der Waals surface area contributed by atoms with Crippen molar-refractivity contribution in [3.63, 3.8) is 0 Å². The Labute approximate surface area is 108 Å². The van der Waals surface area contributed by atoms with Crippen LogP contribution in [0.15, 0.2) is 24.3 Å². The lowest BCUT2D eigenvalue weighted by Crippen LogP contribution is -2.43. The lowest BCUT2D eigenvalue weighted by Gasteiger charge is -2.27. The smallest absolute Gasteiger partial charge is 0.250 e. The summed E-state index contributed by atoms with van der Waals surface area (Å²) < 4.78 is 0.738. The number of primary amides is 1. The lowest BCUT2D eigenvalue weighted by atomic mass is 10.1. The Kier molecular flexibility index (Phi) is 4.75. The molecule has 0 aliphatic carbocycles. The number of rotatable bonds is 6. The number of hydrogen-bond acceptors (Lipinski definition) is 2. The third-order valence-electron chi connectivity index (χ3n) is 2.74. The van der Waals surface area contributed by atoms with Crippen molar-refractivity contribution in [1.29, 1.82) is 0 Å². The van der Waals surface area contributed by atoms with Crippen molar-refractivity contribution >= 4 is 11.6 Å². The first-order valence-corrected chi connectivity index (χ1v) is 5.84. The first-order valence-electron chi connectivity index (χ1n) is 5.84. The molecule has 0 aliphatic rings. The molecule has 96 valence electrons. The van der Waals surface area contributed by atoms with Crippen LogP contribution >= 0.6 is 0 Å². The highest BCUT2D eigenvalue weighted by Gasteiger charge is 2.13. The number of anilines is 1. The van der Waals surface area contributed by atoms with Gasteiger partial charge in [-0.25, -0.2) is 0 Å². The van der Waals surface area contributed by atoms with Crippen LogP contribution in [0.25, 0.3) is 0 Å². The van der Waals surface area contributed by atoms with Gasteiger partial charge in [0, 0.05) is 5.69 Å². The van der Waals surface area contributed by atoms with E-state index in [0.717, 1.165) is 23.3 Å². The van der Waals surface area contributed by atoms with E-state index in [4.69, 9.17) is 12.2 Å². The fraction of sp³-hybridized carbons (Fsp3) is 0.357. The predicted octanol–water partition coefficient (Wildman–Crippen LogP) is 0.907. The molecule has 0 spiro atoms. The summed E-state index contributed by atoms with van der Waals surface area (Å²) in [5.74, 6) is 2.24. The predicted molar refractivity (Wildman–Crippen MR) is 74.1 cm³/mol. The topological polar surface area (TPSA) is 55.1 Å². The van der Waals surface area contributed by atoms with Crippen LogP contribution in [0.2, 0.25) is 0 Å². The zero-order valence-corrected chi connectivity index (χ0v) is 10.9. The normalized spacial score (nSPS) is 10.7. The Hall–Kier alpha value is -1.99. The minimum Gasteiger partial charge on any atom is -0.379 e. The van der Waals surface area contributed by atoms with E-state index >= 15 is 0 Å². The third-order valence-corrected chi connectivity index (χ3v) is 2.74. The highest BCUT2D eigenvalue weighted by molar-refractivity contribution is 5.98. The molecule has 3 N–H and O–H groups in total. The number of hydrogen-bond donors (Lipinski definition) is 2. The summed E-state index contributed by atoms with van der Waals surface area (Å²) >= 11 is 0. The van der Waals surface area contributed by atoms with Gasteiger partial charge in [0.1, 0.15) is 6.54 Å². The fourth-order valence-electron chi connectivity index (χ4n) is 1.67. The number of para-hydroxylation sites is 1. The molecule has 1 amide bonds. The third kappa shape index (κ3) is 4.11. The van der Waals surface area contributed by atoms with E-state index < -0.39 is 5.91 Å². The number of nitrogens with one attached hydrogen (secondary N) is 1. The van der Waals surface area contributed by atoms with Crippen molar-refractivity contribution in [3.05, 3.63) is 29.8 Å². The van der Waals surface area contributed by atoms with E-state index in [1.165, 1.54) is 0 Å². The van der Waals surface area contributed by atoms with E-state index in [1.54, 1.807) is 12.1 Å². The van der Waals surface area contributed by atoms with Gasteiger partial charge in [-0.2, -0.15) is 0 Å². The molecule has 0 saturated heterocycles. The highest BCUT2D eigenvalue weighted by atomic mass is 16.1. The van der Waals surface area contributed by atoms with E-state index in [1.807, 2.05) is 12.1 Å². The molecular weight excluding hydrogens is 226 g/mol. The first-order chi connectivity index (χ1) is 8.46. The van der Waals surface area contributed by atoms with Gasteiger partial charge in [0.05, 0.1) is 32.7 Å². The van der Waals surface area contributed by atoms with Crippen molar-refractivity contribution in [2.75, 3.05) is 39.0 Å². The van der Waals surface area contributed by atoms with E-state index in [9.17, 15) is 4.79 Å². The second kappa shape index (κ2) is 6.08. The summed E-state index contributed by atoms with van der Waals surface area (Å²) in [6.45, 7) is 2.29. The summed E-state index contributed by atoms with van der Waals surface area (Å²) in [4.78, 5) is 11.2. The molecule has 0 fully saturated rings. The molecule has 4 heteroatoms. The van der Waals surface area contributed by atoms with Gasteiger partial charge < -0.3 is 15.5 Å². The molecule has 18 heavy (non-hydrogen) atoms. The van der Waals surface area contributed by atoms with Crippen LogP contribution in [0, 0.1) is 12.3 Å². The maximum atomic E-state index is 11.2. The van der Waals surface area contributed by atoms with Gasteiger partial charge in [-0.3, -0.25) is 4.79 Å². The molecule has 0 unspecified atom stereocenters. The van der Waals surface area contributed by atoms with Gasteiger partial charge in [-0.05, 0) is 18.1 Å². The molecule has 0 saturated carbocycles. The van der Waals surface area contributed by atoms with Gasteiger partial charge in [0.15, 0.2) is 0 Å². The first kappa shape index (κ1) is 14.1. The molecule has 0 atom stereocenters. The van der Waals surface area contributed by atoms with E-state index in [-0.39, 0.29) is 0 Å². The fourth-order valence-corrected chi connectivity index (χ4v) is 1.67. The van der Waals surface area contributed by atoms with Gasteiger partial charge in [0.25, 0.3) is 5.91 Å². The number of amides is 1. The zero-order chi connectivity index (χ0) is 13.6. The Morgan fingerprint density at radius 1 is 1.44 bits per heavy atom. The van der Waals surface area contributed by atoms with Crippen LogP contribution in [0.1, 0.15) is 10.4 Å². The minimum absolute atomic E-state index is 0.421. The Morgan fingerprint density at radius 2 is 2.11 bits per heavy atom. The highest BCUT2D eigenvalue weighted by Crippen LogP contribution is 2.13. The zero-order valence-electron chi connectivity index (χ0n) is 10.9. The standard InChI is InChI=1S/C14H19N3O/c1-4-10-17(2,3)11-9-16-13-8-6-5-7-12(13)14(15)18/h1,5-8H,9-11H2,2-3H3,(H2-,15,16,18)/p+1. The lowest BCUT2D eigenvalue weighted by molar-refractivity contribution is -0.881. The quantitative estimate of drug-likeness (QED) is 0.579. The van der Waals surface area contributed by atoms with Crippen molar-refractivity contribution < 1.29 is 9.28 Å². The number of nitrogens with zero attached hydrogens (tertiary/aromatic N) is 1. The number of terminal acetylenes is 1. The van der Waals surface area contributed by atoms with Gasteiger partial charge in [-0.15, -0.1) is 6.42 Å². The molecule has 1 aromatic carbocycles. The Bertz CT molecular complexity index is 460. The SMILES string of the molecule is C#CC[N+](C)(C)CCNc1ccccc1C(N)=O. The number of nitrogens with two attached hydrogens (primary N) is 1. The van der Waals surface area contributed by atoms with Crippen LogP contribution in [0.4, 0.5) is 5.69 Å². The van der Waals surface area contributed by atoms with Crippen LogP contribution in [-0.2, 0) is 0 Å². The molecule has 1 rings (SSSR count). The minimum atomic E-state index is -0.421. The summed E-state index contributed by atoms with van der Waals surface area (Å²) in [5.41, 5.74) is 6.59. The largest absolute Gasteiger partial charge is 0.379 e. The van der Waals surface area contributed by atoms with Crippen molar-refractivity contribution in [1.82, 2.24) is 0 Å². The molecular formula is C14H20N3O+. The summed E-state index contributed by atoms with van der Waals surface area (Å²) in [6.07, 6.45) is 5.31. The Morgan fingerprint density at radius 3 is 2.72 bits per heavy atom. The number of carbonyl (C=O) groups excluding carboxylic acids is 1. The summed E-state index contributed by atoms with van der Waals surface area (Å²) in [7, 11) is 4.14. The van der Waals surface area contributed by atoms with Crippen LogP contribution in [0.5, 0.6) is 0 Å². The second-order valence-corrected chi connectivity index (χ2v) is 4.86. The second-order valence-electron chi connectivity index (χ2n) is 4.86.